The number of aromatic nitrogens is 2. The highest BCUT2D eigenvalue weighted by molar-refractivity contribution is 5.97. The van der Waals surface area contributed by atoms with Gasteiger partial charge in [-0.15, -0.1) is 10.2 Å². The fraction of sp³-hybridized carbons (Fsp3) is 0.0909. The van der Waals surface area contributed by atoms with Gasteiger partial charge in [0, 0.05) is 23.3 Å². The zero-order chi connectivity index (χ0) is 19.5. The van der Waals surface area contributed by atoms with Gasteiger partial charge in [-0.05, 0) is 36.8 Å². The molecule has 0 saturated heterocycles. The fourth-order valence-corrected chi connectivity index (χ4v) is 3.11. The Hall–Kier alpha value is -3.80. The van der Waals surface area contributed by atoms with Crippen LogP contribution in [0.4, 0.5) is 5.69 Å². The minimum absolute atomic E-state index is 0.0178. The molecule has 1 N–H and O–H groups in total. The molecular weight excluding hydrogens is 352 g/mol. The van der Waals surface area contributed by atoms with Crippen molar-refractivity contribution < 1.29 is 9.90 Å². The number of carbonyl (C=O) groups is 1. The molecule has 2 heterocycles. The van der Waals surface area contributed by atoms with E-state index in [1.807, 2.05) is 55.5 Å². The summed E-state index contributed by atoms with van der Waals surface area (Å²) in [7, 11) is 0. The van der Waals surface area contributed by atoms with Gasteiger partial charge < -0.3 is 9.67 Å². The molecule has 28 heavy (non-hydrogen) atoms. The number of azo groups is 1. The molecule has 0 atom stereocenters. The summed E-state index contributed by atoms with van der Waals surface area (Å²) in [4.78, 5) is 16.1. The third-order valence-electron chi connectivity index (χ3n) is 4.52. The lowest BCUT2D eigenvalue weighted by Crippen LogP contribution is -1.98. The van der Waals surface area contributed by atoms with E-state index in [9.17, 15) is 9.90 Å². The number of hydrogen-bond donors (Lipinski definition) is 1. The van der Waals surface area contributed by atoms with Crippen LogP contribution in [0.3, 0.4) is 0 Å². The van der Waals surface area contributed by atoms with E-state index < -0.39 is 5.91 Å². The summed E-state index contributed by atoms with van der Waals surface area (Å²) in [6.07, 6.45) is 3.05. The van der Waals surface area contributed by atoms with Crippen molar-refractivity contribution in [2.24, 2.45) is 10.2 Å². The van der Waals surface area contributed by atoms with Crippen molar-refractivity contribution in [3.05, 3.63) is 89.7 Å². The molecule has 0 saturated carbocycles. The Balaban J connectivity index is 1.77. The Morgan fingerprint density at radius 3 is 2.57 bits per heavy atom. The Bertz CT molecular complexity index is 1170. The first-order chi connectivity index (χ1) is 13.6. The van der Waals surface area contributed by atoms with Gasteiger partial charge >= 0.3 is 0 Å². The van der Waals surface area contributed by atoms with Gasteiger partial charge in [0.05, 0.1) is 12.1 Å². The molecule has 0 radical (unpaired) electrons. The Morgan fingerprint density at radius 2 is 1.82 bits per heavy atom. The van der Waals surface area contributed by atoms with Crippen LogP contribution in [0.5, 0.6) is 5.88 Å². The molecule has 4 aromatic rings. The fourth-order valence-electron chi connectivity index (χ4n) is 3.11. The average Bonchev–Trinajstić information content (AvgIpc) is 2.98. The number of pyridine rings is 1. The largest absolute Gasteiger partial charge is 0.493 e. The molecule has 4 rings (SSSR count). The van der Waals surface area contributed by atoms with E-state index in [0.29, 0.717) is 12.1 Å². The molecule has 0 unspecified atom stereocenters. The molecule has 0 aliphatic heterocycles. The van der Waals surface area contributed by atoms with Gasteiger partial charge in [-0.25, -0.2) is 0 Å². The highest BCUT2D eigenvalue weighted by Crippen LogP contribution is 2.39. The first kappa shape index (κ1) is 17.6. The summed E-state index contributed by atoms with van der Waals surface area (Å²) in [5.41, 5.74) is 3.59. The number of carbonyl (C=O) groups excluding carboxylic acids is 1. The lowest BCUT2D eigenvalue weighted by Gasteiger charge is -2.07. The number of aromatic hydroxyl groups is 1. The molecule has 2 aromatic heterocycles. The van der Waals surface area contributed by atoms with Crippen LogP contribution in [0.1, 0.15) is 21.5 Å². The maximum Gasteiger partial charge on any atom is 0.295 e. The Morgan fingerprint density at radius 1 is 1.07 bits per heavy atom. The number of fused-ring (bicyclic) bond motifs is 1. The van der Waals surface area contributed by atoms with Gasteiger partial charge in [-0.2, -0.15) is 0 Å². The minimum atomic E-state index is -0.488. The van der Waals surface area contributed by atoms with Gasteiger partial charge in [0.1, 0.15) is 0 Å². The third kappa shape index (κ3) is 3.40. The molecule has 0 bridgehead atoms. The van der Waals surface area contributed by atoms with E-state index >= 15 is 0 Å². The summed E-state index contributed by atoms with van der Waals surface area (Å²) in [6, 6.07) is 18.8. The van der Waals surface area contributed by atoms with Crippen molar-refractivity contribution in [2.75, 3.05) is 0 Å². The van der Waals surface area contributed by atoms with Crippen LogP contribution in [0.25, 0.3) is 10.9 Å². The molecule has 6 heteroatoms. The van der Waals surface area contributed by atoms with Crippen LogP contribution in [0, 0.1) is 6.92 Å². The maximum atomic E-state index is 12.3. The van der Waals surface area contributed by atoms with E-state index in [1.54, 1.807) is 16.7 Å². The van der Waals surface area contributed by atoms with E-state index in [1.165, 1.54) is 12.4 Å². The molecule has 6 nitrogen and oxygen atoms in total. The lowest BCUT2D eigenvalue weighted by atomic mass is 10.1. The minimum Gasteiger partial charge on any atom is -0.493 e. The second-order valence-corrected chi connectivity index (χ2v) is 6.51. The second-order valence-electron chi connectivity index (χ2n) is 6.51. The van der Waals surface area contributed by atoms with Crippen LogP contribution in [0.15, 0.2) is 83.3 Å². The normalized spacial score (nSPS) is 11.3. The standard InChI is InChI=1S/C22H18N4O2/c1-15-7-8-19-18(13-15)20(24-25-21(27)17-9-11-23-12-10-17)22(28)26(19)14-16-5-3-2-4-6-16/h2-13,28H,14H2,1H3. The van der Waals surface area contributed by atoms with Gasteiger partial charge in [0.15, 0.2) is 5.69 Å². The lowest BCUT2D eigenvalue weighted by molar-refractivity contribution is 0.0995. The van der Waals surface area contributed by atoms with Crippen molar-refractivity contribution in [1.82, 2.24) is 9.55 Å². The van der Waals surface area contributed by atoms with Crippen LogP contribution < -0.4 is 0 Å². The summed E-state index contributed by atoms with van der Waals surface area (Å²) >= 11 is 0. The number of benzene rings is 2. The quantitative estimate of drug-likeness (QED) is 0.512. The number of hydrogen-bond acceptors (Lipinski definition) is 4. The highest BCUT2D eigenvalue weighted by Gasteiger charge is 2.17. The predicted octanol–water partition coefficient (Wildman–Crippen LogP) is 5.02. The monoisotopic (exact) mass is 370 g/mol. The van der Waals surface area contributed by atoms with Gasteiger partial charge in [0.25, 0.3) is 5.91 Å². The number of aryl methyl sites for hydroxylation is 1. The van der Waals surface area contributed by atoms with E-state index in [-0.39, 0.29) is 11.6 Å². The second kappa shape index (κ2) is 7.44. The van der Waals surface area contributed by atoms with Crippen LogP contribution in [0.2, 0.25) is 0 Å². The summed E-state index contributed by atoms with van der Waals surface area (Å²) in [6.45, 7) is 2.45. The van der Waals surface area contributed by atoms with Crippen molar-refractivity contribution in [3.8, 4) is 5.88 Å². The third-order valence-corrected chi connectivity index (χ3v) is 4.52. The van der Waals surface area contributed by atoms with E-state index in [4.69, 9.17) is 0 Å². The van der Waals surface area contributed by atoms with Gasteiger partial charge in [-0.1, -0.05) is 42.0 Å². The first-order valence-corrected chi connectivity index (χ1v) is 8.85. The highest BCUT2D eigenvalue weighted by atomic mass is 16.3. The molecular formula is C22H18N4O2. The first-order valence-electron chi connectivity index (χ1n) is 8.85. The predicted molar refractivity (Wildman–Crippen MR) is 107 cm³/mol. The molecule has 0 aliphatic rings. The van der Waals surface area contributed by atoms with Crippen LogP contribution in [-0.2, 0) is 6.54 Å². The van der Waals surface area contributed by atoms with Crippen LogP contribution in [-0.4, -0.2) is 20.6 Å². The topological polar surface area (TPSA) is 79.8 Å². The van der Waals surface area contributed by atoms with Crippen molar-refractivity contribution in [2.45, 2.75) is 13.5 Å². The van der Waals surface area contributed by atoms with E-state index in [0.717, 1.165) is 22.0 Å². The number of amides is 1. The molecule has 0 fully saturated rings. The molecule has 1 amide bonds. The van der Waals surface area contributed by atoms with Crippen molar-refractivity contribution in [1.29, 1.82) is 0 Å². The summed E-state index contributed by atoms with van der Waals surface area (Å²) in [5, 5.41) is 19.5. The average molecular weight is 370 g/mol. The SMILES string of the molecule is Cc1ccc2c(c1)c(N=NC(=O)c1ccncc1)c(O)n2Cc1ccccc1. The van der Waals surface area contributed by atoms with Crippen molar-refractivity contribution in [3.63, 3.8) is 0 Å². The summed E-state index contributed by atoms with van der Waals surface area (Å²) in [5.74, 6) is -0.505. The number of nitrogens with zero attached hydrogens (tertiary/aromatic N) is 4. The van der Waals surface area contributed by atoms with Crippen molar-refractivity contribution >= 4 is 22.5 Å². The van der Waals surface area contributed by atoms with Gasteiger partial charge in [-0.3, -0.25) is 9.78 Å². The van der Waals surface area contributed by atoms with E-state index in [2.05, 4.69) is 15.2 Å². The Kier molecular flexibility index (Phi) is 4.68. The molecule has 138 valence electrons. The van der Waals surface area contributed by atoms with Crippen LogP contribution >= 0.6 is 0 Å². The smallest absolute Gasteiger partial charge is 0.295 e. The Labute approximate surface area is 161 Å². The maximum absolute atomic E-state index is 12.3. The van der Waals surface area contributed by atoms with Gasteiger partial charge in [0.2, 0.25) is 5.88 Å². The molecule has 2 aromatic carbocycles. The molecule has 0 spiro atoms. The summed E-state index contributed by atoms with van der Waals surface area (Å²) < 4.78 is 1.77. The number of rotatable bonds is 4. The zero-order valence-electron chi connectivity index (χ0n) is 15.3. The zero-order valence-corrected chi connectivity index (χ0v) is 15.3. The molecule has 0 aliphatic carbocycles.